The lowest BCUT2D eigenvalue weighted by Gasteiger charge is -2.15. The van der Waals surface area contributed by atoms with E-state index < -0.39 is 15.3 Å². The summed E-state index contributed by atoms with van der Waals surface area (Å²) in [4.78, 5) is 0. The molecule has 0 aromatic heterocycles. The van der Waals surface area contributed by atoms with Crippen molar-refractivity contribution < 1.29 is 17.9 Å². The minimum atomic E-state index is -3.46. The van der Waals surface area contributed by atoms with Crippen LogP contribution in [0.5, 0.6) is 11.5 Å². The molecule has 1 aliphatic rings. The first-order valence-corrected chi connectivity index (χ1v) is 7.22. The van der Waals surface area contributed by atoms with Crippen LogP contribution in [0.1, 0.15) is 13.3 Å². The van der Waals surface area contributed by atoms with Crippen LogP contribution < -0.4 is 19.9 Å². The van der Waals surface area contributed by atoms with Gasteiger partial charge in [0, 0.05) is 12.6 Å². The summed E-state index contributed by atoms with van der Waals surface area (Å²) in [5.41, 5.74) is 5.90. The van der Waals surface area contributed by atoms with Gasteiger partial charge in [0.15, 0.2) is 11.5 Å². The summed E-state index contributed by atoms with van der Waals surface area (Å²) in [5.74, 6) is 1.15. The van der Waals surface area contributed by atoms with Gasteiger partial charge in [-0.1, -0.05) is 6.92 Å². The fourth-order valence-electron chi connectivity index (χ4n) is 1.72. The lowest BCUT2D eigenvalue weighted by molar-refractivity contribution is 0.174. The number of fused-ring (bicyclic) bond motifs is 1. The Kier molecular flexibility index (Phi) is 3.63. The van der Waals surface area contributed by atoms with E-state index in [9.17, 15) is 8.42 Å². The Morgan fingerprint density at radius 3 is 2.78 bits per heavy atom. The lowest BCUT2D eigenvalue weighted by atomic mass is 10.3. The summed E-state index contributed by atoms with van der Waals surface area (Å²) in [7, 11) is -3.46. The van der Waals surface area contributed by atoms with E-state index in [1.807, 2.05) is 0 Å². The van der Waals surface area contributed by atoms with E-state index in [4.69, 9.17) is 15.2 Å². The molecule has 0 radical (unpaired) electrons. The van der Waals surface area contributed by atoms with E-state index in [1.165, 1.54) is 0 Å². The number of sulfonamides is 1. The van der Waals surface area contributed by atoms with Gasteiger partial charge in [-0.3, -0.25) is 4.72 Å². The summed E-state index contributed by atoms with van der Waals surface area (Å²) in [6.07, 6.45) is 0.469. The molecular weight excluding hydrogens is 256 g/mol. The highest BCUT2D eigenvalue weighted by atomic mass is 32.2. The molecule has 3 N–H and O–H groups in total. The molecule has 0 saturated heterocycles. The van der Waals surface area contributed by atoms with Gasteiger partial charge >= 0.3 is 0 Å². The molecule has 1 unspecified atom stereocenters. The molecule has 0 fully saturated rings. The van der Waals surface area contributed by atoms with Crippen molar-refractivity contribution in [1.29, 1.82) is 0 Å². The van der Waals surface area contributed by atoms with E-state index in [2.05, 4.69) is 4.72 Å². The summed E-state index contributed by atoms with van der Waals surface area (Å²) in [6.45, 7) is 2.04. The van der Waals surface area contributed by atoms with Gasteiger partial charge in [-0.2, -0.15) is 0 Å². The van der Waals surface area contributed by atoms with Crippen LogP contribution in [-0.2, 0) is 10.0 Å². The molecule has 18 heavy (non-hydrogen) atoms. The predicted octanol–water partition coefficient (Wildman–Crippen LogP) is 0.894. The number of nitrogens with one attached hydrogen (secondary N) is 1. The Balaban J connectivity index is 2.19. The van der Waals surface area contributed by atoms with Crippen LogP contribution in [0.2, 0.25) is 0 Å². The van der Waals surface area contributed by atoms with Crippen LogP contribution in [-0.4, -0.2) is 27.0 Å². The van der Waals surface area contributed by atoms with Crippen LogP contribution in [0.4, 0.5) is 5.69 Å². The maximum atomic E-state index is 12.0. The average molecular weight is 272 g/mol. The smallest absolute Gasteiger partial charge is 0.236 e. The van der Waals surface area contributed by atoms with E-state index >= 15 is 0 Å². The van der Waals surface area contributed by atoms with Crippen molar-refractivity contribution >= 4 is 15.7 Å². The first kappa shape index (κ1) is 13.0. The molecule has 1 heterocycles. The van der Waals surface area contributed by atoms with E-state index in [1.54, 1.807) is 25.1 Å². The summed E-state index contributed by atoms with van der Waals surface area (Å²) in [6, 6.07) is 4.90. The van der Waals surface area contributed by atoms with Gasteiger partial charge in [-0.05, 0) is 18.6 Å². The number of ether oxygens (including phenoxy) is 2. The predicted molar refractivity (Wildman–Crippen MR) is 68.2 cm³/mol. The highest BCUT2D eigenvalue weighted by molar-refractivity contribution is 7.93. The first-order valence-electron chi connectivity index (χ1n) is 5.68. The standard InChI is InChI=1S/C11H16N2O4S/c1-2-9(6-12)18(14,15)13-8-3-4-10-11(5-8)17-7-16-10/h3-5,9,13H,2,6-7,12H2,1H3. The summed E-state index contributed by atoms with van der Waals surface area (Å²) < 4.78 is 36.8. The highest BCUT2D eigenvalue weighted by Gasteiger charge is 2.23. The van der Waals surface area contributed by atoms with Crippen molar-refractivity contribution in [3.05, 3.63) is 18.2 Å². The third kappa shape index (κ3) is 2.51. The van der Waals surface area contributed by atoms with E-state index in [0.29, 0.717) is 23.6 Å². The molecule has 1 aliphatic heterocycles. The molecule has 7 heteroatoms. The quantitative estimate of drug-likeness (QED) is 0.831. The number of nitrogens with two attached hydrogens (primary N) is 1. The molecule has 0 amide bonds. The first-order chi connectivity index (χ1) is 8.56. The van der Waals surface area contributed by atoms with Crippen molar-refractivity contribution in [2.24, 2.45) is 5.73 Å². The second-order valence-electron chi connectivity index (χ2n) is 3.98. The SMILES string of the molecule is CCC(CN)S(=O)(=O)Nc1ccc2c(c1)OCO2. The maximum absolute atomic E-state index is 12.0. The van der Waals surface area contributed by atoms with Crippen LogP contribution in [0.25, 0.3) is 0 Å². The minimum absolute atomic E-state index is 0.0936. The van der Waals surface area contributed by atoms with Gasteiger partial charge in [-0.25, -0.2) is 8.42 Å². The van der Waals surface area contributed by atoms with Crippen LogP contribution in [0.15, 0.2) is 18.2 Å². The maximum Gasteiger partial charge on any atom is 0.236 e. The third-order valence-electron chi connectivity index (χ3n) is 2.79. The third-order valence-corrected chi connectivity index (χ3v) is 4.71. The van der Waals surface area contributed by atoms with Crippen molar-refractivity contribution in [1.82, 2.24) is 0 Å². The van der Waals surface area contributed by atoms with Gasteiger partial charge in [-0.15, -0.1) is 0 Å². The van der Waals surface area contributed by atoms with Crippen molar-refractivity contribution in [2.45, 2.75) is 18.6 Å². The average Bonchev–Trinajstić information content (AvgIpc) is 2.76. The van der Waals surface area contributed by atoms with E-state index in [-0.39, 0.29) is 13.3 Å². The van der Waals surface area contributed by atoms with Gasteiger partial charge in [0.2, 0.25) is 16.8 Å². The zero-order valence-electron chi connectivity index (χ0n) is 10.0. The summed E-state index contributed by atoms with van der Waals surface area (Å²) in [5, 5.41) is -0.595. The monoisotopic (exact) mass is 272 g/mol. The molecule has 2 rings (SSSR count). The Morgan fingerprint density at radius 1 is 1.39 bits per heavy atom. The number of anilines is 1. The van der Waals surface area contributed by atoms with Crippen molar-refractivity contribution in [3.8, 4) is 11.5 Å². The zero-order valence-corrected chi connectivity index (χ0v) is 10.9. The molecule has 6 nitrogen and oxygen atoms in total. The molecule has 0 bridgehead atoms. The largest absolute Gasteiger partial charge is 0.454 e. The molecule has 1 atom stereocenters. The Labute approximate surface area is 106 Å². The van der Waals surface area contributed by atoms with Gasteiger partial charge in [0.1, 0.15) is 0 Å². The molecule has 0 aliphatic carbocycles. The van der Waals surface area contributed by atoms with Crippen molar-refractivity contribution in [2.75, 3.05) is 18.1 Å². The fourth-order valence-corrected chi connectivity index (χ4v) is 3.03. The minimum Gasteiger partial charge on any atom is -0.454 e. The van der Waals surface area contributed by atoms with Crippen molar-refractivity contribution in [3.63, 3.8) is 0 Å². The fraction of sp³-hybridized carbons (Fsp3) is 0.455. The van der Waals surface area contributed by atoms with Crippen LogP contribution in [0, 0.1) is 0 Å². The van der Waals surface area contributed by atoms with Gasteiger partial charge in [0.05, 0.1) is 10.9 Å². The van der Waals surface area contributed by atoms with E-state index in [0.717, 1.165) is 0 Å². The topological polar surface area (TPSA) is 90.7 Å². The molecule has 1 aromatic rings. The zero-order chi connectivity index (χ0) is 13.2. The van der Waals surface area contributed by atoms with Crippen LogP contribution >= 0.6 is 0 Å². The lowest BCUT2D eigenvalue weighted by Crippen LogP contribution is -2.33. The van der Waals surface area contributed by atoms with Gasteiger partial charge < -0.3 is 15.2 Å². The molecule has 0 spiro atoms. The molecule has 1 aromatic carbocycles. The number of hydrogen-bond acceptors (Lipinski definition) is 5. The number of benzene rings is 1. The molecule has 100 valence electrons. The summed E-state index contributed by atoms with van der Waals surface area (Å²) >= 11 is 0. The molecular formula is C11H16N2O4S. The van der Waals surface area contributed by atoms with Gasteiger partial charge in [0.25, 0.3) is 0 Å². The highest BCUT2D eigenvalue weighted by Crippen LogP contribution is 2.34. The number of hydrogen-bond donors (Lipinski definition) is 2. The number of rotatable bonds is 5. The van der Waals surface area contributed by atoms with Crippen LogP contribution in [0.3, 0.4) is 0 Å². The Hall–Kier alpha value is -1.47. The Morgan fingerprint density at radius 2 is 2.11 bits per heavy atom. The second kappa shape index (κ2) is 5.03. The normalized spacial score (nSPS) is 15.4. The second-order valence-corrected chi connectivity index (χ2v) is 5.94. The Bertz CT molecular complexity index is 526. The molecule has 0 saturated carbocycles.